The minimum absolute atomic E-state index is 0. The second-order valence-corrected chi connectivity index (χ2v) is 1.73. The summed E-state index contributed by atoms with van der Waals surface area (Å²) in [6.07, 6.45) is 6.00. The molecule has 0 aromatic heterocycles. The third kappa shape index (κ3) is 3530. The molecule has 0 aromatic carbocycles. The van der Waals surface area contributed by atoms with Gasteiger partial charge in [-0.15, -0.1) is 0 Å². The summed E-state index contributed by atoms with van der Waals surface area (Å²) in [4.78, 5) is 0. The van der Waals surface area contributed by atoms with Crippen molar-refractivity contribution in [3.63, 3.8) is 0 Å². The molecule has 0 unspecified atom stereocenters. The molecule has 0 fully saturated rings. The van der Waals surface area contributed by atoms with Crippen LogP contribution in [0, 0.1) is 26.7 Å². The normalized spacial score (nSPS) is 4.50. The third-order valence-electron chi connectivity index (χ3n) is 0. The summed E-state index contributed by atoms with van der Waals surface area (Å²) in [7, 11) is 0. The Kier molecular flexibility index (Phi) is 335. The zero-order chi connectivity index (χ0) is 8.12. The molecular formula is C11H28Cu-4. The summed E-state index contributed by atoms with van der Waals surface area (Å²) in [5, 5.41) is 0. The monoisotopic (exact) mass is 223 g/mol. The quantitative estimate of drug-likeness (QED) is 0.410. The maximum absolute atomic E-state index is 2.00. The van der Waals surface area contributed by atoms with Crippen molar-refractivity contribution < 1.29 is 17.1 Å². The molecule has 0 aliphatic rings. The molecule has 0 heterocycles. The Morgan fingerprint density at radius 1 is 0.583 bits per heavy atom. The fourth-order valence-corrected chi connectivity index (χ4v) is 0. The van der Waals surface area contributed by atoms with Crippen LogP contribution in [0.5, 0.6) is 0 Å². The van der Waals surface area contributed by atoms with E-state index in [1.54, 1.807) is 0 Å². The molecule has 0 saturated carbocycles. The molecule has 0 nitrogen and oxygen atoms in total. The van der Waals surface area contributed by atoms with Gasteiger partial charge in [-0.2, -0.15) is 41.5 Å². The largest absolute Gasteiger partial charge is 0.358 e. The van der Waals surface area contributed by atoms with Gasteiger partial charge in [-0.25, -0.2) is 0 Å². The van der Waals surface area contributed by atoms with Crippen LogP contribution in [0.15, 0.2) is 0 Å². The van der Waals surface area contributed by atoms with Crippen LogP contribution in [0.25, 0.3) is 0 Å². The summed E-state index contributed by atoms with van der Waals surface area (Å²) >= 11 is 0. The van der Waals surface area contributed by atoms with Crippen molar-refractivity contribution in [2.24, 2.45) is 0 Å². The van der Waals surface area contributed by atoms with E-state index in [9.17, 15) is 0 Å². The predicted octanol–water partition coefficient (Wildman–Crippen LogP) is 4.78. The van der Waals surface area contributed by atoms with E-state index in [1.807, 2.05) is 60.8 Å². The molecule has 0 atom stereocenters. The zero-order valence-electron chi connectivity index (χ0n) is 9.03. The standard InChI is InChI=1S/3C3H7.CH4.CH3.Cu/c3*1-3-2;;;/h3*3H,1-2H3;1H4;1H3;/q3*-1;;-1;. The third-order valence-corrected chi connectivity index (χ3v) is 0. The summed E-state index contributed by atoms with van der Waals surface area (Å²) < 4.78 is 0. The molecular weight excluding hydrogens is 196 g/mol. The summed E-state index contributed by atoms with van der Waals surface area (Å²) in [6.45, 7) is 12.0. The second-order valence-electron chi connectivity index (χ2n) is 1.73. The minimum Gasteiger partial charge on any atom is -0.358 e. The zero-order valence-corrected chi connectivity index (χ0v) is 9.98. The van der Waals surface area contributed by atoms with E-state index in [0.717, 1.165) is 0 Å². The molecule has 0 saturated heterocycles. The Morgan fingerprint density at radius 3 is 0.583 bits per heavy atom. The van der Waals surface area contributed by atoms with Gasteiger partial charge in [0, 0.05) is 17.1 Å². The fraction of sp³-hybridized carbons (Fsp3) is 0.636. The van der Waals surface area contributed by atoms with Gasteiger partial charge in [0.05, 0.1) is 0 Å². The molecule has 0 aliphatic carbocycles. The van der Waals surface area contributed by atoms with Crippen LogP contribution in [0.4, 0.5) is 0 Å². The average molecular weight is 224 g/mol. The molecule has 0 aliphatic heterocycles. The van der Waals surface area contributed by atoms with Crippen molar-refractivity contribution in [3.05, 3.63) is 26.7 Å². The molecule has 1 heteroatoms. The number of hydrogen-bond acceptors (Lipinski definition) is 0. The van der Waals surface area contributed by atoms with Gasteiger partial charge >= 0.3 is 0 Å². The van der Waals surface area contributed by atoms with Crippen LogP contribution in [-0.2, 0) is 17.1 Å². The maximum atomic E-state index is 2.00. The van der Waals surface area contributed by atoms with E-state index in [1.165, 1.54) is 0 Å². The van der Waals surface area contributed by atoms with Crippen molar-refractivity contribution in [1.82, 2.24) is 0 Å². The van der Waals surface area contributed by atoms with Crippen molar-refractivity contribution in [3.8, 4) is 0 Å². The summed E-state index contributed by atoms with van der Waals surface area (Å²) in [5.41, 5.74) is 0. The van der Waals surface area contributed by atoms with Crippen molar-refractivity contribution >= 4 is 0 Å². The fourth-order valence-electron chi connectivity index (χ4n) is 0. The predicted molar refractivity (Wildman–Crippen MR) is 60.1 cm³/mol. The van der Waals surface area contributed by atoms with Crippen LogP contribution >= 0.6 is 0 Å². The first-order valence-electron chi connectivity index (χ1n) is 3.46. The number of hydrogen-bond donors (Lipinski definition) is 0. The molecule has 1 radical (unpaired) electrons. The van der Waals surface area contributed by atoms with Crippen LogP contribution in [0.2, 0.25) is 0 Å². The van der Waals surface area contributed by atoms with Gasteiger partial charge < -0.3 is 26.7 Å². The smallest absolute Gasteiger partial charge is 0 e. The van der Waals surface area contributed by atoms with E-state index in [-0.39, 0.29) is 31.9 Å². The Bertz CT molecular complexity index is 9.72. The Labute approximate surface area is 93.0 Å². The van der Waals surface area contributed by atoms with Crippen molar-refractivity contribution in [2.45, 2.75) is 49.0 Å². The van der Waals surface area contributed by atoms with Crippen molar-refractivity contribution in [1.29, 1.82) is 0 Å². The summed E-state index contributed by atoms with van der Waals surface area (Å²) in [5.74, 6) is 0. The van der Waals surface area contributed by atoms with Crippen molar-refractivity contribution in [2.75, 3.05) is 0 Å². The molecule has 0 N–H and O–H groups in total. The van der Waals surface area contributed by atoms with Gasteiger partial charge in [0.1, 0.15) is 0 Å². The Morgan fingerprint density at radius 2 is 0.583 bits per heavy atom. The van der Waals surface area contributed by atoms with Crippen LogP contribution in [0.1, 0.15) is 49.0 Å². The molecule has 12 heavy (non-hydrogen) atoms. The topological polar surface area (TPSA) is 0 Å². The minimum atomic E-state index is 0. The van der Waals surface area contributed by atoms with Gasteiger partial charge in [-0.05, 0) is 0 Å². The van der Waals surface area contributed by atoms with E-state index < -0.39 is 0 Å². The molecule has 0 spiro atoms. The molecule has 0 rings (SSSR count). The number of rotatable bonds is 0. The molecule has 0 amide bonds. The van der Waals surface area contributed by atoms with E-state index in [0.29, 0.717) is 0 Å². The van der Waals surface area contributed by atoms with E-state index in [4.69, 9.17) is 0 Å². The van der Waals surface area contributed by atoms with Crippen LogP contribution in [-0.4, -0.2) is 0 Å². The van der Waals surface area contributed by atoms with Gasteiger partial charge in [0.25, 0.3) is 0 Å². The SMILES string of the molecule is C.C[CH-]C.C[CH-]C.C[CH-]C.[CH3-].[Cu]. The van der Waals surface area contributed by atoms with Gasteiger partial charge in [0.2, 0.25) is 0 Å². The first-order chi connectivity index (χ1) is 4.24. The molecule has 87 valence electrons. The Hall–Kier alpha value is 0.519. The van der Waals surface area contributed by atoms with Crippen LogP contribution < -0.4 is 0 Å². The van der Waals surface area contributed by atoms with Gasteiger partial charge in [0.15, 0.2) is 0 Å². The van der Waals surface area contributed by atoms with Gasteiger partial charge in [-0.3, -0.25) is 0 Å². The Balaban J connectivity index is -0.00000001000. The average Bonchev–Trinajstić information content (AvgIpc) is 1.70. The van der Waals surface area contributed by atoms with Crippen LogP contribution in [0.3, 0.4) is 0 Å². The van der Waals surface area contributed by atoms with E-state index >= 15 is 0 Å². The first-order valence-corrected chi connectivity index (χ1v) is 3.46. The van der Waals surface area contributed by atoms with E-state index in [2.05, 4.69) is 0 Å². The maximum Gasteiger partial charge on any atom is 0 e. The first kappa shape index (κ1) is 39.1. The molecule has 0 bridgehead atoms. The second kappa shape index (κ2) is 103. The molecule has 0 aromatic rings. The summed E-state index contributed by atoms with van der Waals surface area (Å²) in [6, 6.07) is 0. The van der Waals surface area contributed by atoms with Gasteiger partial charge in [-0.1, -0.05) is 7.43 Å².